The zero-order valence-electron chi connectivity index (χ0n) is 3.88. The molecule has 0 bridgehead atoms. The Hall–Kier alpha value is -0.280. The topological polar surface area (TPSA) is 30.7 Å². The van der Waals surface area contributed by atoms with Crippen molar-refractivity contribution in [3.05, 3.63) is 11.6 Å². The molecule has 0 amide bonds. The molecule has 0 aliphatic heterocycles. The lowest BCUT2D eigenvalue weighted by Gasteiger charge is -1.89. The maximum Gasteiger partial charge on any atom is 0.225 e. The van der Waals surface area contributed by atoms with Crippen molar-refractivity contribution in [2.45, 2.75) is 6.00 Å². The third kappa shape index (κ3) is 0.928. The molecule has 0 spiro atoms. The van der Waals surface area contributed by atoms with E-state index >= 15 is 0 Å². The molecule has 0 unspecified atom stereocenters. The van der Waals surface area contributed by atoms with E-state index in [-0.39, 0.29) is 0 Å². The Bertz CT molecular complexity index is 173. The first-order chi connectivity index (χ1) is 3.84. The van der Waals surface area contributed by atoms with Gasteiger partial charge in [0, 0.05) is 0 Å². The average molecular weight is 152 g/mol. The predicted molar refractivity (Wildman–Crippen MR) is 30.9 cm³/mol. The van der Waals surface area contributed by atoms with Gasteiger partial charge in [-0.25, -0.2) is 0 Å². The lowest BCUT2D eigenvalue weighted by Crippen LogP contribution is -1.87. The third-order valence-corrected chi connectivity index (χ3v) is 1.25. The Kier molecular flexibility index (Phi) is 1.70. The van der Waals surface area contributed by atoms with E-state index in [2.05, 4.69) is 10.2 Å². The van der Waals surface area contributed by atoms with Gasteiger partial charge in [-0.05, 0) is 11.6 Å². The highest BCUT2D eigenvalue weighted by Gasteiger charge is 1.94. The minimum absolute atomic E-state index is 0.297. The summed E-state index contributed by atoms with van der Waals surface area (Å²) in [5.41, 5.74) is 0. The van der Waals surface area contributed by atoms with Crippen molar-refractivity contribution >= 4 is 23.2 Å². The molecule has 1 aromatic rings. The van der Waals surface area contributed by atoms with Crippen LogP contribution in [0.1, 0.15) is 0 Å². The fourth-order valence-corrected chi connectivity index (χ4v) is 0.704. The number of alkyl halides is 1. The second-order valence-corrected chi connectivity index (χ2v) is 1.77. The molecule has 0 saturated heterocycles. The summed E-state index contributed by atoms with van der Waals surface area (Å²) in [6.45, 7) is 0. The van der Waals surface area contributed by atoms with E-state index in [0.717, 1.165) is 0 Å². The summed E-state index contributed by atoms with van der Waals surface area (Å²) in [6, 6.07) is 0.297. The fraction of sp³-hybridized carbons (Fsp3) is 0.333. The molecule has 1 aromatic heterocycles. The van der Waals surface area contributed by atoms with Crippen LogP contribution in [0.15, 0.2) is 6.33 Å². The van der Waals surface area contributed by atoms with E-state index in [0.29, 0.717) is 11.3 Å². The summed E-state index contributed by atoms with van der Waals surface area (Å²) in [6.07, 6.45) is 1.47. The van der Waals surface area contributed by atoms with Crippen LogP contribution < -0.4 is 0 Å². The van der Waals surface area contributed by atoms with Gasteiger partial charge in [-0.1, -0.05) is 0 Å². The zero-order chi connectivity index (χ0) is 5.98. The van der Waals surface area contributed by atoms with Gasteiger partial charge in [-0.2, -0.15) is 0 Å². The lowest BCUT2D eigenvalue weighted by atomic mass is 11.1. The molecule has 1 heterocycles. The second-order valence-electron chi connectivity index (χ2n) is 1.19. The number of aromatic nitrogens is 3. The maximum absolute atomic E-state index is 5.44. The second kappa shape index (κ2) is 2.33. The minimum atomic E-state index is 0.297. The largest absolute Gasteiger partial charge is 0.290 e. The molecule has 44 valence electrons. The first-order valence-corrected chi connectivity index (χ1v) is 2.85. The first-order valence-electron chi connectivity index (χ1n) is 1.94. The molecule has 3 nitrogen and oxygen atoms in total. The van der Waals surface area contributed by atoms with Crippen LogP contribution in [0.2, 0.25) is 5.28 Å². The predicted octanol–water partition coefficient (Wildman–Crippen LogP) is 1.13. The molecule has 1 rings (SSSR count). The molecule has 0 aliphatic carbocycles. The number of hydrogen-bond acceptors (Lipinski definition) is 2. The average Bonchev–Trinajstić information content (AvgIpc) is 2.14. The van der Waals surface area contributed by atoms with Gasteiger partial charge in [0.25, 0.3) is 0 Å². The van der Waals surface area contributed by atoms with Gasteiger partial charge < -0.3 is 0 Å². The molecule has 0 radical (unpaired) electrons. The molecular weight excluding hydrogens is 149 g/mol. The third-order valence-electron chi connectivity index (χ3n) is 0.697. The molecular formula is C3H3Cl2N3. The van der Waals surface area contributed by atoms with Gasteiger partial charge in [0.1, 0.15) is 12.3 Å². The molecule has 0 N–H and O–H groups in total. The highest BCUT2D eigenvalue weighted by Crippen LogP contribution is 2.02. The molecule has 0 fully saturated rings. The minimum Gasteiger partial charge on any atom is -0.290 e. The van der Waals surface area contributed by atoms with Gasteiger partial charge in [0.15, 0.2) is 0 Å². The summed E-state index contributed by atoms with van der Waals surface area (Å²) < 4.78 is 1.52. The van der Waals surface area contributed by atoms with Crippen LogP contribution in [-0.4, -0.2) is 14.8 Å². The van der Waals surface area contributed by atoms with Crippen molar-refractivity contribution in [1.29, 1.82) is 0 Å². The van der Waals surface area contributed by atoms with Gasteiger partial charge >= 0.3 is 0 Å². The molecule has 0 aromatic carbocycles. The van der Waals surface area contributed by atoms with E-state index < -0.39 is 0 Å². The highest BCUT2D eigenvalue weighted by atomic mass is 35.5. The molecule has 5 heteroatoms. The fourth-order valence-electron chi connectivity index (χ4n) is 0.321. The molecule has 0 saturated carbocycles. The van der Waals surface area contributed by atoms with Crippen molar-refractivity contribution in [1.82, 2.24) is 14.8 Å². The molecule has 0 aliphatic rings. The van der Waals surface area contributed by atoms with E-state index in [4.69, 9.17) is 23.2 Å². The van der Waals surface area contributed by atoms with Crippen molar-refractivity contribution in [3.8, 4) is 0 Å². The maximum atomic E-state index is 5.44. The molecule has 0 atom stereocenters. The summed E-state index contributed by atoms with van der Waals surface area (Å²) in [5.74, 6) is 0. The summed E-state index contributed by atoms with van der Waals surface area (Å²) >= 11 is 10.8. The van der Waals surface area contributed by atoms with Crippen LogP contribution in [0, 0.1) is 0 Å². The summed E-state index contributed by atoms with van der Waals surface area (Å²) in [5, 5.41) is 7.29. The lowest BCUT2D eigenvalue weighted by molar-refractivity contribution is 0.878. The smallest absolute Gasteiger partial charge is 0.225 e. The monoisotopic (exact) mass is 151 g/mol. The van der Waals surface area contributed by atoms with Crippen LogP contribution in [-0.2, 0) is 6.00 Å². The quantitative estimate of drug-likeness (QED) is 0.564. The highest BCUT2D eigenvalue weighted by molar-refractivity contribution is 6.28. The number of hydrogen-bond donors (Lipinski definition) is 0. The van der Waals surface area contributed by atoms with Crippen LogP contribution in [0.3, 0.4) is 0 Å². The van der Waals surface area contributed by atoms with Crippen molar-refractivity contribution in [2.75, 3.05) is 0 Å². The van der Waals surface area contributed by atoms with Gasteiger partial charge in [-0.15, -0.1) is 21.8 Å². The van der Waals surface area contributed by atoms with Crippen LogP contribution in [0.4, 0.5) is 0 Å². The van der Waals surface area contributed by atoms with E-state index in [9.17, 15) is 0 Å². The van der Waals surface area contributed by atoms with Crippen LogP contribution >= 0.6 is 23.2 Å². The van der Waals surface area contributed by atoms with Crippen molar-refractivity contribution in [3.63, 3.8) is 0 Å². The summed E-state index contributed by atoms with van der Waals surface area (Å²) in [4.78, 5) is 0. The Morgan fingerprint density at radius 3 is 2.75 bits per heavy atom. The number of halogens is 2. The van der Waals surface area contributed by atoms with Crippen LogP contribution in [0.25, 0.3) is 0 Å². The zero-order valence-corrected chi connectivity index (χ0v) is 5.39. The number of rotatable bonds is 1. The van der Waals surface area contributed by atoms with E-state index in [1.165, 1.54) is 10.9 Å². The number of nitrogens with zero attached hydrogens (tertiary/aromatic N) is 3. The Labute approximate surface area is 56.2 Å². The molecule has 8 heavy (non-hydrogen) atoms. The first kappa shape index (κ1) is 5.85. The van der Waals surface area contributed by atoms with Crippen molar-refractivity contribution in [2.24, 2.45) is 0 Å². The normalized spacial score (nSPS) is 9.75. The van der Waals surface area contributed by atoms with Crippen molar-refractivity contribution < 1.29 is 0 Å². The Balaban J connectivity index is 2.92. The van der Waals surface area contributed by atoms with E-state index in [1.807, 2.05) is 0 Å². The SMILES string of the molecule is ClCn1cnnc1Cl. The van der Waals surface area contributed by atoms with E-state index in [1.54, 1.807) is 0 Å². The van der Waals surface area contributed by atoms with Crippen LogP contribution in [0.5, 0.6) is 0 Å². The summed E-state index contributed by atoms with van der Waals surface area (Å²) in [7, 11) is 0. The van der Waals surface area contributed by atoms with Gasteiger partial charge in [0.2, 0.25) is 5.28 Å². The van der Waals surface area contributed by atoms with Gasteiger partial charge in [-0.3, -0.25) is 4.57 Å². The van der Waals surface area contributed by atoms with Gasteiger partial charge in [0.05, 0.1) is 0 Å². The Morgan fingerprint density at radius 2 is 2.50 bits per heavy atom. The Morgan fingerprint density at radius 1 is 1.75 bits per heavy atom. The standard InChI is InChI=1S/C3H3Cl2N3/c4-1-8-2-6-7-3(8)5/h2H,1H2.